The van der Waals surface area contributed by atoms with E-state index >= 15 is 0 Å². The number of hydrogen-bond acceptors (Lipinski definition) is 5. The minimum Gasteiger partial charge on any atom is -0.490 e. The first kappa shape index (κ1) is 30.0. The Hall–Kier alpha value is -2.04. The molecule has 0 saturated heterocycles. The molecule has 5 nitrogen and oxygen atoms in total. The van der Waals surface area contributed by atoms with Crippen LogP contribution >= 0.6 is 0 Å². The van der Waals surface area contributed by atoms with Crippen LogP contribution in [0.3, 0.4) is 0 Å². The molecule has 1 aliphatic carbocycles. The van der Waals surface area contributed by atoms with Gasteiger partial charge >= 0.3 is 11.9 Å². The summed E-state index contributed by atoms with van der Waals surface area (Å²) in [6.45, 7) is 17.3. The largest absolute Gasteiger partial charge is 0.490 e. The quantitative estimate of drug-likeness (QED) is 0.278. The predicted octanol–water partition coefficient (Wildman–Crippen LogP) is 7.23. The van der Waals surface area contributed by atoms with E-state index in [9.17, 15) is 9.59 Å². The fourth-order valence-corrected chi connectivity index (χ4v) is 3.64. The fourth-order valence-electron chi connectivity index (χ4n) is 3.64. The van der Waals surface area contributed by atoms with E-state index in [-0.39, 0.29) is 30.6 Å². The molecular formula is C29H48O5. The predicted molar refractivity (Wildman–Crippen MR) is 138 cm³/mol. The van der Waals surface area contributed by atoms with Gasteiger partial charge < -0.3 is 14.2 Å². The lowest BCUT2D eigenvalue weighted by Gasteiger charge is -2.36. The zero-order valence-electron chi connectivity index (χ0n) is 22.8. The molecule has 1 aliphatic rings. The van der Waals surface area contributed by atoms with E-state index in [2.05, 4.69) is 20.8 Å². The van der Waals surface area contributed by atoms with E-state index in [0.29, 0.717) is 12.0 Å². The zero-order valence-corrected chi connectivity index (χ0v) is 22.8. The van der Waals surface area contributed by atoms with Gasteiger partial charge in [0.15, 0.2) is 0 Å². The lowest BCUT2D eigenvalue weighted by molar-refractivity contribution is -0.156. The molecule has 0 N–H and O–H groups in total. The molecule has 1 aromatic rings. The third-order valence-electron chi connectivity index (χ3n) is 6.96. The molecule has 0 aromatic heterocycles. The Balaban J connectivity index is 0.000000340. The topological polar surface area (TPSA) is 61.8 Å². The summed E-state index contributed by atoms with van der Waals surface area (Å²) in [5.74, 6) is 1.44. The third kappa shape index (κ3) is 10.9. The number of hydrogen-bond donors (Lipinski definition) is 0. The molecule has 0 heterocycles. The molecule has 0 aliphatic heterocycles. The van der Waals surface area contributed by atoms with Crippen molar-refractivity contribution in [1.82, 2.24) is 0 Å². The number of carbonyl (C=O) groups is 2. The summed E-state index contributed by atoms with van der Waals surface area (Å²) in [5.41, 5.74) is -0.0154. The molecular weight excluding hydrogens is 428 g/mol. The lowest BCUT2D eigenvalue weighted by atomic mass is 9.72. The maximum atomic E-state index is 11.7. The Morgan fingerprint density at radius 2 is 1.53 bits per heavy atom. The van der Waals surface area contributed by atoms with Gasteiger partial charge in [0.2, 0.25) is 0 Å². The number of benzene rings is 1. The van der Waals surface area contributed by atoms with Crippen LogP contribution in [0.25, 0.3) is 0 Å². The Kier molecular flexibility index (Phi) is 12.7. The van der Waals surface area contributed by atoms with Crippen LogP contribution in [0.4, 0.5) is 0 Å². The highest BCUT2D eigenvalue weighted by molar-refractivity contribution is 5.75. The summed E-state index contributed by atoms with van der Waals surface area (Å²) in [5, 5.41) is 0. The van der Waals surface area contributed by atoms with E-state index in [1.807, 2.05) is 65.0 Å². The van der Waals surface area contributed by atoms with Gasteiger partial charge in [0.05, 0.1) is 11.3 Å². The summed E-state index contributed by atoms with van der Waals surface area (Å²) in [4.78, 5) is 23.3. The van der Waals surface area contributed by atoms with Crippen molar-refractivity contribution in [1.29, 1.82) is 0 Å². The van der Waals surface area contributed by atoms with E-state index in [1.165, 1.54) is 12.8 Å². The van der Waals surface area contributed by atoms with Gasteiger partial charge in [-0.25, -0.2) is 0 Å². The summed E-state index contributed by atoms with van der Waals surface area (Å²) < 4.78 is 16.1. The van der Waals surface area contributed by atoms with Crippen LogP contribution in [-0.2, 0) is 19.1 Å². The molecule has 0 radical (unpaired) electrons. The average molecular weight is 477 g/mol. The molecule has 5 heteroatoms. The number of para-hydroxylation sites is 1. The van der Waals surface area contributed by atoms with Crippen LogP contribution in [0, 0.1) is 22.7 Å². The maximum absolute atomic E-state index is 11.7. The van der Waals surface area contributed by atoms with Crippen LogP contribution in [-0.4, -0.2) is 31.3 Å². The summed E-state index contributed by atoms with van der Waals surface area (Å²) in [6, 6.07) is 9.48. The number of rotatable bonds is 9. The first-order valence-electron chi connectivity index (χ1n) is 13.0. The third-order valence-corrected chi connectivity index (χ3v) is 6.96. The normalized spacial score (nSPS) is 19.3. The molecule has 2 rings (SSSR count). The number of esters is 2. The van der Waals surface area contributed by atoms with Crippen molar-refractivity contribution in [3.05, 3.63) is 30.3 Å². The molecule has 34 heavy (non-hydrogen) atoms. The van der Waals surface area contributed by atoms with Crippen molar-refractivity contribution in [3.8, 4) is 5.75 Å². The summed E-state index contributed by atoms with van der Waals surface area (Å²) >= 11 is 0. The molecule has 1 unspecified atom stereocenters. The van der Waals surface area contributed by atoms with Gasteiger partial charge in [0, 0.05) is 0 Å². The van der Waals surface area contributed by atoms with Crippen molar-refractivity contribution in [2.45, 2.75) is 100 Å². The smallest absolute Gasteiger partial charge is 0.311 e. The molecule has 1 saturated carbocycles. The second kappa shape index (κ2) is 14.4. The van der Waals surface area contributed by atoms with Crippen molar-refractivity contribution < 1.29 is 23.8 Å². The average Bonchev–Trinajstić information content (AvgIpc) is 2.81. The first-order chi connectivity index (χ1) is 15.9. The number of carbonyl (C=O) groups excluding carboxylic acids is 2. The maximum Gasteiger partial charge on any atom is 0.311 e. The summed E-state index contributed by atoms with van der Waals surface area (Å²) in [7, 11) is 0. The van der Waals surface area contributed by atoms with Crippen molar-refractivity contribution in [2.24, 2.45) is 22.7 Å². The fraction of sp³-hybridized carbons (Fsp3) is 0.724. The first-order valence-corrected chi connectivity index (χ1v) is 13.0. The van der Waals surface area contributed by atoms with Gasteiger partial charge in [-0.2, -0.15) is 0 Å². The van der Waals surface area contributed by atoms with Gasteiger partial charge in [0.25, 0.3) is 0 Å². The van der Waals surface area contributed by atoms with E-state index in [4.69, 9.17) is 14.2 Å². The van der Waals surface area contributed by atoms with Crippen LogP contribution in [0.2, 0.25) is 0 Å². The van der Waals surface area contributed by atoms with Crippen molar-refractivity contribution in [3.63, 3.8) is 0 Å². The Bertz CT molecular complexity index is 712. The molecule has 194 valence electrons. The zero-order chi connectivity index (χ0) is 25.8. The highest BCUT2D eigenvalue weighted by atomic mass is 16.6. The second-order valence-electron chi connectivity index (χ2n) is 11.1. The SMILES string of the molecule is CCC(C)(C)C(=O)OCCOc1ccccc1.CCC(C)C(=O)OC1CCC(C(C)(C)C)CC1. The highest BCUT2D eigenvalue weighted by Gasteiger charge is 2.31. The van der Waals surface area contributed by atoms with Gasteiger partial charge in [0.1, 0.15) is 25.1 Å². The van der Waals surface area contributed by atoms with Gasteiger partial charge in [-0.3, -0.25) is 9.59 Å². The second-order valence-corrected chi connectivity index (χ2v) is 11.1. The van der Waals surface area contributed by atoms with Gasteiger partial charge in [-0.15, -0.1) is 0 Å². The molecule has 1 aromatic carbocycles. The highest BCUT2D eigenvalue weighted by Crippen LogP contribution is 2.38. The summed E-state index contributed by atoms with van der Waals surface area (Å²) in [6.07, 6.45) is 6.30. The molecule has 1 atom stereocenters. The van der Waals surface area contributed by atoms with E-state index in [0.717, 1.165) is 37.4 Å². The van der Waals surface area contributed by atoms with E-state index < -0.39 is 5.41 Å². The van der Waals surface area contributed by atoms with Crippen LogP contribution in [0.1, 0.15) is 93.9 Å². The van der Waals surface area contributed by atoms with Gasteiger partial charge in [-0.05, 0) is 75.8 Å². The van der Waals surface area contributed by atoms with Crippen LogP contribution in [0.15, 0.2) is 30.3 Å². The van der Waals surface area contributed by atoms with Crippen LogP contribution in [0.5, 0.6) is 5.75 Å². The molecule has 0 spiro atoms. The minimum atomic E-state index is -0.410. The Morgan fingerprint density at radius 3 is 2.03 bits per heavy atom. The van der Waals surface area contributed by atoms with Gasteiger partial charge in [-0.1, -0.05) is 59.7 Å². The lowest BCUT2D eigenvalue weighted by Crippen LogP contribution is -2.31. The Labute approximate surface area is 207 Å². The standard InChI is InChI=1S/C15H28O2.C14H20O3/c1-6-11(2)14(16)17-13-9-7-12(8-10-13)15(3,4)5;1-4-14(2,3)13(15)17-11-10-16-12-8-6-5-7-9-12/h11-13H,6-10H2,1-5H3;5-9H,4,10-11H2,1-3H3. The molecule has 0 amide bonds. The molecule has 1 fully saturated rings. The van der Waals surface area contributed by atoms with Crippen molar-refractivity contribution >= 4 is 11.9 Å². The molecule has 0 bridgehead atoms. The van der Waals surface area contributed by atoms with Crippen molar-refractivity contribution in [2.75, 3.05) is 13.2 Å². The number of ether oxygens (including phenoxy) is 3. The van der Waals surface area contributed by atoms with E-state index in [1.54, 1.807) is 0 Å². The minimum absolute atomic E-state index is 0.00768. The monoisotopic (exact) mass is 476 g/mol. The van der Waals surface area contributed by atoms with Crippen LogP contribution < -0.4 is 4.74 Å². The Morgan fingerprint density at radius 1 is 0.941 bits per heavy atom.